The molecule has 5 nitrogen and oxygen atoms in total. The maximum atomic E-state index is 6.14. The fourth-order valence-electron chi connectivity index (χ4n) is 5.66. The number of ether oxygens (including phenoxy) is 1. The highest BCUT2D eigenvalue weighted by Gasteiger charge is 2.43. The number of aryl methyl sites for hydroxylation is 1. The standard InChI is InChI=1S/C23H30N4O/c1-15-4-3-11-27(14-15)21-18-8-10-23(13-20(18)25-22(26-21)28-2)9-7-16-5-6-17(24)12-19(16)23/h5-6,12,15H,3-4,7-11,13-14,24H2,1-2H3. The first-order chi connectivity index (χ1) is 13.6. The largest absolute Gasteiger partial charge is 0.467 e. The van der Waals surface area contributed by atoms with Gasteiger partial charge in [0.15, 0.2) is 0 Å². The van der Waals surface area contributed by atoms with Gasteiger partial charge in [-0.1, -0.05) is 13.0 Å². The van der Waals surface area contributed by atoms with Gasteiger partial charge in [-0.3, -0.25) is 0 Å². The molecule has 1 fully saturated rings. The van der Waals surface area contributed by atoms with E-state index < -0.39 is 0 Å². The predicted octanol–water partition coefficient (Wildman–Crippen LogP) is 3.68. The lowest BCUT2D eigenvalue weighted by Crippen LogP contribution is -2.38. The summed E-state index contributed by atoms with van der Waals surface area (Å²) in [6.07, 6.45) is 8.03. The van der Waals surface area contributed by atoms with Gasteiger partial charge in [0.2, 0.25) is 0 Å². The van der Waals surface area contributed by atoms with Crippen molar-refractivity contribution in [3.8, 4) is 6.01 Å². The Morgan fingerprint density at radius 1 is 1.21 bits per heavy atom. The zero-order valence-corrected chi connectivity index (χ0v) is 17.0. The third-order valence-corrected chi connectivity index (χ3v) is 7.13. The Balaban J connectivity index is 1.55. The summed E-state index contributed by atoms with van der Waals surface area (Å²) in [5.74, 6) is 1.83. The Morgan fingerprint density at radius 3 is 2.89 bits per heavy atom. The van der Waals surface area contributed by atoms with E-state index in [-0.39, 0.29) is 5.41 Å². The minimum Gasteiger partial charge on any atom is -0.467 e. The molecule has 2 N–H and O–H groups in total. The number of methoxy groups -OCH3 is 1. The Hall–Kier alpha value is -2.30. The molecular formula is C23H30N4O. The Labute approximate surface area is 167 Å². The first-order valence-electron chi connectivity index (χ1n) is 10.7. The summed E-state index contributed by atoms with van der Waals surface area (Å²) in [5.41, 5.74) is 12.6. The lowest BCUT2D eigenvalue weighted by atomic mass is 9.69. The average Bonchev–Trinajstić information content (AvgIpc) is 3.04. The van der Waals surface area contributed by atoms with Crippen molar-refractivity contribution in [2.24, 2.45) is 5.92 Å². The highest BCUT2D eigenvalue weighted by atomic mass is 16.5. The number of hydrogen-bond donors (Lipinski definition) is 1. The number of nitrogens with zero attached hydrogens (tertiary/aromatic N) is 3. The van der Waals surface area contributed by atoms with Crippen LogP contribution < -0.4 is 15.4 Å². The lowest BCUT2D eigenvalue weighted by Gasteiger charge is -2.38. The number of hydrogen-bond acceptors (Lipinski definition) is 5. The molecule has 3 aliphatic rings. The van der Waals surface area contributed by atoms with E-state index in [2.05, 4.69) is 24.0 Å². The number of nitrogens with two attached hydrogens (primary N) is 1. The molecule has 0 saturated carbocycles. The van der Waals surface area contributed by atoms with Gasteiger partial charge >= 0.3 is 6.01 Å². The quantitative estimate of drug-likeness (QED) is 0.808. The Bertz CT molecular complexity index is 912. The van der Waals surface area contributed by atoms with Gasteiger partial charge < -0.3 is 15.4 Å². The van der Waals surface area contributed by atoms with Gasteiger partial charge in [-0.05, 0) is 74.1 Å². The summed E-state index contributed by atoms with van der Waals surface area (Å²) >= 11 is 0. The van der Waals surface area contributed by atoms with Crippen molar-refractivity contribution >= 4 is 11.5 Å². The van der Waals surface area contributed by atoms with E-state index in [4.69, 9.17) is 20.4 Å². The summed E-state index contributed by atoms with van der Waals surface area (Å²) in [4.78, 5) is 12.1. The second-order valence-corrected chi connectivity index (χ2v) is 9.03. The van der Waals surface area contributed by atoms with Crippen LogP contribution in [0.25, 0.3) is 0 Å². The number of fused-ring (bicyclic) bond motifs is 3. The molecule has 0 radical (unpaired) electrons. The third kappa shape index (κ3) is 2.83. The molecule has 1 aromatic carbocycles. The zero-order valence-electron chi connectivity index (χ0n) is 17.0. The number of nitrogen functional groups attached to an aromatic ring is 1. The van der Waals surface area contributed by atoms with Crippen LogP contribution in [0.15, 0.2) is 18.2 Å². The molecule has 1 saturated heterocycles. The number of aromatic nitrogens is 2. The predicted molar refractivity (Wildman–Crippen MR) is 112 cm³/mol. The highest BCUT2D eigenvalue weighted by molar-refractivity contribution is 5.56. The Kier molecular flexibility index (Phi) is 4.22. The molecule has 0 amide bonds. The Morgan fingerprint density at radius 2 is 2.07 bits per heavy atom. The first-order valence-corrected chi connectivity index (χ1v) is 10.7. The van der Waals surface area contributed by atoms with E-state index in [0.29, 0.717) is 11.9 Å². The van der Waals surface area contributed by atoms with Crippen LogP contribution in [0, 0.1) is 5.92 Å². The van der Waals surface area contributed by atoms with Gasteiger partial charge in [0.25, 0.3) is 0 Å². The molecule has 1 aliphatic heterocycles. The molecule has 28 heavy (non-hydrogen) atoms. The number of piperidine rings is 1. The van der Waals surface area contributed by atoms with Crippen molar-refractivity contribution in [2.75, 3.05) is 30.8 Å². The van der Waals surface area contributed by atoms with Crippen molar-refractivity contribution in [3.05, 3.63) is 40.6 Å². The van der Waals surface area contributed by atoms with E-state index >= 15 is 0 Å². The number of benzene rings is 1. The van der Waals surface area contributed by atoms with Crippen LogP contribution in [0.1, 0.15) is 55.0 Å². The van der Waals surface area contributed by atoms with E-state index in [1.54, 1.807) is 7.11 Å². The summed E-state index contributed by atoms with van der Waals surface area (Å²) in [5, 5.41) is 0. The molecular weight excluding hydrogens is 348 g/mol. The summed E-state index contributed by atoms with van der Waals surface area (Å²) in [6, 6.07) is 6.97. The second-order valence-electron chi connectivity index (χ2n) is 9.03. The minimum atomic E-state index is 0.170. The van der Waals surface area contributed by atoms with Crippen molar-refractivity contribution in [2.45, 2.75) is 57.3 Å². The lowest BCUT2D eigenvalue weighted by molar-refractivity contribution is 0.345. The minimum absolute atomic E-state index is 0.170. The first kappa shape index (κ1) is 17.8. The van der Waals surface area contributed by atoms with Crippen molar-refractivity contribution in [1.29, 1.82) is 0 Å². The fraction of sp³-hybridized carbons (Fsp3) is 0.565. The van der Waals surface area contributed by atoms with Crippen LogP contribution in [0.4, 0.5) is 11.5 Å². The van der Waals surface area contributed by atoms with Gasteiger partial charge in [-0.25, -0.2) is 0 Å². The average molecular weight is 379 g/mol. The van der Waals surface area contributed by atoms with Gasteiger partial charge in [0.05, 0.1) is 12.8 Å². The molecule has 0 bridgehead atoms. The summed E-state index contributed by atoms with van der Waals surface area (Å²) in [7, 11) is 1.68. The third-order valence-electron chi connectivity index (χ3n) is 7.13. The van der Waals surface area contributed by atoms with Crippen molar-refractivity contribution < 1.29 is 4.74 Å². The smallest absolute Gasteiger partial charge is 0.318 e. The van der Waals surface area contributed by atoms with Crippen LogP contribution in [0.5, 0.6) is 6.01 Å². The highest BCUT2D eigenvalue weighted by Crippen LogP contribution is 2.49. The molecule has 2 atom stereocenters. The molecule has 5 rings (SSSR count). The van der Waals surface area contributed by atoms with Crippen LogP contribution in [0.2, 0.25) is 0 Å². The molecule has 1 spiro atoms. The van der Waals surface area contributed by atoms with Crippen molar-refractivity contribution in [1.82, 2.24) is 9.97 Å². The van der Waals surface area contributed by atoms with Gasteiger partial charge in [-0.15, -0.1) is 0 Å². The van der Waals surface area contributed by atoms with E-state index in [1.165, 1.54) is 41.6 Å². The van der Waals surface area contributed by atoms with Gasteiger partial charge in [0, 0.05) is 29.8 Å². The summed E-state index contributed by atoms with van der Waals surface area (Å²) in [6.45, 7) is 4.50. The maximum Gasteiger partial charge on any atom is 0.318 e. The van der Waals surface area contributed by atoms with Crippen LogP contribution in [-0.2, 0) is 24.7 Å². The van der Waals surface area contributed by atoms with E-state index in [0.717, 1.165) is 50.3 Å². The van der Waals surface area contributed by atoms with Gasteiger partial charge in [-0.2, -0.15) is 9.97 Å². The summed E-state index contributed by atoms with van der Waals surface area (Å²) < 4.78 is 5.51. The molecule has 2 unspecified atom stereocenters. The number of rotatable bonds is 2. The van der Waals surface area contributed by atoms with Crippen LogP contribution in [0.3, 0.4) is 0 Å². The molecule has 2 aliphatic carbocycles. The molecule has 2 aromatic rings. The number of anilines is 2. The fourth-order valence-corrected chi connectivity index (χ4v) is 5.66. The second kappa shape index (κ2) is 6.64. The van der Waals surface area contributed by atoms with Crippen LogP contribution >= 0.6 is 0 Å². The van der Waals surface area contributed by atoms with E-state index in [9.17, 15) is 0 Å². The van der Waals surface area contributed by atoms with Gasteiger partial charge in [0.1, 0.15) is 5.82 Å². The molecule has 5 heteroatoms. The van der Waals surface area contributed by atoms with Crippen molar-refractivity contribution in [3.63, 3.8) is 0 Å². The zero-order chi connectivity index (χ0) is 19.3. The topological polar surface area (TPSA) is 64.3 Å². The maximum absolute atomic E-state index is 6.14. The molecule has 1 aromatic heterocycles. The van der Waals surface area contributed by atoms with Crippen LogP contribution in [-0.4, -0.2) is 30.2 Å². The SMILES string of the molecule is COc1nc2c(c(N3CCCC(C)C3)n1)CCC1(CCc3ccc(N)cc31)C2. The molecule has 2 heterocycles. The van der Waals surface area contributed by atoms with E-state index in [1.807, 2.05) is 6.07 Å². The normalized spacial score (nSPS) is 26.2. The molecule has 148 valence electrons. The monoisotopic (exact) mass is 378 g/mol.